The van der Waals surface area contributed by atoms with Crippen molar-refractivity contribution >= 4 is 39.9 Å². The summed E-state index contributed by atoms with van der Waals surface area (Å²) >= 11 is 12.4. The third-order valence-electron chi connectivity index (χ3n) is 6.17. The average Bonchev–Trinajstić information content (AvgIpc) is 3.15. The smallest absolute Gasteiger partial charge is 0.166 e. The van der Waals surface area contributed by atoms with Crippen molar-refractivity contribution in [2.24, 2.45) is 0 Å². The van der Waals surface area contributed by atoms with Crippen LogP contribution in [0.15, 0.2) is 42.6 Å². The summed E-state index contributed by atoms with van der Waals surface area (Å²) in [5.41, 5.74) is 12.1. The summed E-state index contributed by atoms with van der Waals surface area (Å²) < 4.78 is 20.0. The largest absolute Gasteiger partial charge is 0.482 e. The Hall–Kier alpha value is -2.80. The second-order valence-corrected chi connectivity index (χ2v) is 9.24. The molecular weight excluding hydrogens is 462 g/mol. The number of rotatable bonds is 4. The van der Waals surface area contributed by atoms with Gasteiger partial charge in [0.15, 0.2) is 11.6 Å². The van der Waals surface area contributed by atoms with E-state index in [-0.39, 0.29) is 10.8 Å². The third kappa shape index (κ3) is 4.03. The molecule has 1 aliphatic rings. The van der Waals surface area contributed by atoms with Crippen LogP contribution in [0.4, 0.5) is 10.2 Å². The lowest BCUT2D eigenvalue weighted by atomic mass is 10.0. The summed E-state index contributed by atoms with van der Waals surface area (Å²) in [6.07, 6.45) is 2.11. The number of aromatic nitrogens is 2. The van der Waals surface area contributed by atoms with Crippen LogP contribution in [0, 0.1) is 5.82 Å². The summed E-state index contributed by atoms with van der Waals surface area (Å²) in [6.45, 7) is 3.71. The number of hydrogen-bond donors (Lipinski definition) is 2. The zero-order chi connectivity index (χ0) is 23.3. The van der Waals surface area contributed by atoms with E-state index in [1.54, 1.807) is 13.1 Å². The maximum Gasteiger partial charge on any atom is 0.166 e. The number of nitrogens with zero attached hydrogens (tertiary/aromatic N) is 2. The van der Waals surface area contributed by atoms with Crippen molar-refractivity contribution in [3.05, 3.63) is 75.3 Å². The van der Waals surface area contributed by atoms with Gasteiger partial charge >= 0.3 is 0 Å². The van der Waals surface area contributed by atoms with Crippen molar-refractivity contribution in [3.63, 3.8) is 0 Å². The second kappa shape index (κ2) is 8.52. The molecule has 33 heavy (non-hydrogen) atoms. The number of aromatic amines is 1. The van der Waals surface area contributed by atoms with Gasteiger partial charge in [-0.05, 0) is 55.4 Å². The number of hydrogen-bond acceptors (Lipinski definition) is 4. The first-order chi connectivity index (χ1) is 15.8. The first-order valence-electron chi connectivity index (χ1n) is 10.7. The first-order valence-corrected chi connectivity index (χ1v) is 11.5. The maximum atomic E-state index is 14.0. The number of halogens is 3. The molecule has 0 saturated heterocycles. The number of fused-ring (bicyclic) bond motifs is 3. The van der Waals surface area contributed by atoms with Crippen LogP contribution in [0.5, 0.6) is 5.75 Å². The topological polar surface area (TPSA) is 67.2 Å². The SMILES string of the molecule is C[C@@H](Oc1cc(-c2ccc3[nH]c4c(c3c2)CN(C)CC4)cnc1N)c1c(Cl)ccc(F)c1Cl. The summed E-state index contributed by atoms with van der Waals surface area (Å²) in [6, 6.07) is 10.8. The van der Waals surface area contributed by atoms with Gasteiger partial charge in [0.2, 0.25) is 0 Å². The number of ether oxygens (including phenoxy) is 1. The maximum absolute atomic E-state index is 14.0. The van der Waals surface area contributed by atoms with E-state index in [1.165, 1.54) is 28.8 Å². The third-order valence-corrected chi connectivity index (χ3v) is 6.88. The van der Waals surface area contributed by atoms with Gasteiger partial charge in [0, 0.05) is 58.5 Å². The van der Waals surface area contributed by atoms with Crippen LogP contribution in [0.2, 0.25) is 10.0 Å². The number of H-pyrrole nitrogens is 1. The van der Waals surface area contributed by atoms with Crippen molar-refractivity contribution in [3.8, 4) is 16.9 Å². The van der Waals surface area contributed by atoms with E-state index >= 15 is 0 Å². The zero-order valence-electron chi connectivity index (χ0n) is 18.3. The molecule has 4 aromatic rings. The Morgan fingerprint density at radius 2 is 2.00 bits per heavy atom. The quantitative estimate of drug-likeness (QED) is 0.329. The normalized spacial score (nSPS) is 14.9. The molecule has 8 heteroatoms. The Kier molecular flexibility index (Phi) is 5.69. The van der Waals surface area contributed by atoms with Crippen molar-refractivity contribution in [1.82, 2.24) is 14.9 Å². The number of nitrogen functional groups attached to an aromatic ring is 1. The lowest BCUT2D eigenvalue weighted by Gasteiger charge is -2.22. The number of likely N-dealkylation sites (N-methyl/N-ethyl adjacent to an activating group) is 1. The van der Waals surface area contributed by atoms with Crippen LogP contribution >= 0.6 is 23.2 Å². The van der Waals surface area contributed by atoms with E-state index < -0.39 is 11.9 Å². The Labute approximate surface area is 201 Å². The van der Waals surface area contributed by atoms with Crippen LogP contribution in [-0.4, -0.2) is 28.5 Å². The van der Waals surface area contributed by atoms with Gasteiger partial charge in [0.25, 0.3) is 0 Å². The highest BCUT2D eigenvalue weighted by molar-refractivity contribution is 6.36. The fourth-order valence-corrected chi connectivity index (χ4v) is 5.08. The van der Waals surface area contributed by atoms with Gasteiger partial charge in [0.1, 0.15) is 11.9 Å². The molecule has 0 unspecified atom stereocenters. The van der Waals surface area contributed by atoms with Gasteiger partial charge in [-0.1, -0.05) is 29.3 Å². The highest BCUT2D eigenvalue weighted by atomic mass is 35.5. The van der Waals surface area contributed by atoms with E-state index in [4.69, 9.17) is 33.7 Å². The molecule has 1 atom stereocenters. The molecule has 0 spiro atoms. The Bertz CT molecular complexity index is 1370. The van der Waals surface area contributed by atoms with Gasteiger partial charge in [0.05, 0.1) is 5.02 Å². The van der Waals surface area contributed by atoms with Crippen molar-refractivity contribution in [1.29, 1.82) is 0 Å². The lowest BCUT2D eigenvalue weighted by molar-refractivity contribution is 0.227. The average molecular weight is 485 g/mol. The zero-order valence-corrected chi connectivity index (χ0v) is 19.8. The van der Waals surface area contributed by atoms with Crippen LogP contribution in [0.25, 0.3) is 22.0 Å². The van der Waals surface area contributed by atoms with E-state index in [1.807, 2.05) is 6.07 Å². The molecule has 0 amide bonds. The van der Waals surface area contributed by atoms with Crippen LogP contribution in [0.3, 0.4) is 0 Å². The van der Waals surface area contributed by atoms with Crippen molar-refractivity contribution in [2.75, 3.05) is 19.3 Å². The van der Waals surface area contributed by atoms with Crippen molar-refractivity contribution in [2.45, 2.75) is 26.0 Å². The molecule has 0 bridgehead atoms. The molecule has 5 rings (SSSR count). The highest BCUT2D eigenvalue weighted by Gasteiger charge is 2.21. The minimum Gasteiger partial charge on any atom is -0.482 e. The molecular formula is C25H23Cl2FN4O. The van der Waals surface area contributed by atoms with E-state index in [0.29, 0.717) is 16.3 Å². The summed E-state index contributed by atoms with van der Waals surface area (Å²) in [5, 5.41) is 1.47. The Morgan fingerprint density at radius 1 is 1.18 bits per heavy atom. The number of nitrogens with one attached hydrogen (secondary N) is 1. The predicted octanol–water partition coefficient (Wildman–Crippen LogP) is 6.39. The minimum absolute atomic E-state index is 0.0645. The molecule has 2 aromatic heterocycles. The molecule has 170 valence electrons. The molecule has 0 fully saturated rings. The lowest BCUT2D eigenvalue weighted by Crippen LogP contribution is -2.25. The van der Waals surface area contributed by atoms with Gasteiger partial charge < -0.3 is 20.4 Å². The van der Waals surface area contributed by atoms with Crippen LogP contribution in [-0.2, 0) is 13.0 Å². The van der Waals surface area contributed by atoms with E-state index in [2.05, 4.69) is 40.1 Å². The Balaban J connectivity index is 1.50. The van der Waals surface area contributed by atoms with Gasteiger partial charge in [-0.2, -0.15) is 0 Å². The molecule has 3 heterocycles. The van der Waals surface area contributed by atoms with Gasteiger partial charge in [-0.15, -0.1) is 0 Å². The summed E-state index contributed by atoms with van der Waals surface area (Å²) in [4.78, 5) is 10.2. The molecule has 0 aliphatic carbocycles. The standard InChI is InChI=1S/C25H23Cl2FN4O/c1-13(23-18(26)4-5-19(28)24(23)27)33-22-10-15(11-30-25(22)29)14-3-6-20-16(9-14)17-12-32(2)8-7-21(17)31-20/h3-6,9-11,13,31H,7-8,12H2,1-2H3,(H2,29,30)/t13-/m1/s1. The fraction of sp³-hybridized carbons (Fsp3) is 0.240. The van der Waals surface area contributed by atoms with Gasteiger partial charge in [-0.25, -0.2) is 9.37 Å². The molecule has 0 saturated carbocycles. The summed E-state index contributed by atoms with van der Waals surface area (Å²) in [7, 11) is 2.14. The number of pyridine rings is 1. The highest BCUT2D eigenvalue weighted by Crippen LogP contribution is 2.38. The monoisotopic (exact) mass is 484 g/mol. The molecule has 1 aliphatic heterocycles. The van der Waals surface area contributed by atoms with Gasteiger partial charge in [-0.3, -0.25) is 0 Å². The Morgan fingerprint density at radius 3 is 2.82 bits per heavy atom. The fourth-order valence-electron chi connectivity index (χ4n) is 4.40. The molecule has 5 nitrogen and oxygen atoms in total. The number of benzene rings is 2. The predicted molar refractivity (Wildman–Crippen MR) is 131 cm³/mol. The first kappa shape index (κ1) is 22.0. The second-order valence-electron chi connectivity index (χ2n) is 8.45. The molecule has 2 aromatic carbocycles. The van der Waals surface area contributed by atoms with Crippen LogP contribution < -0.4 is 10.5 Å². The molecule has 0 radical (unpaired) electrons. The summed E-state index contributed by atoms with van der Waals surface area (Å²) in [5.74, 6) is 0.0587. The van der Waals surface area contributed by atoms with E-state index in [0.717, 1.165) is 36.2 Å². The van der Waals surface area contributed by atoms with Crippen LogP contribution in [0.1, 0.15) is 29.8 Å². The van der Waals surface area contributed by atoms with Crippen molar-refractivity contribution < 1.29 is 9.13 Å². The number of nitrogens with two attached hydrogens (primary N) is 1. The molecule has 3 N–H and O–H groups in total. The van der Waals surface area contributed by atoms with E-state index in [9.17, 15) is 4.39 Å². The number of anilines is 1. The minimum atomic E-state index is -0.630.